The number of hydrogen-bond donors (Lipinski definition) is 1. The third kappa shape index (κ3) is 2.26. The zero-order valence-electron chi connectivity index (χ0n) is 13.3. The van der Waals surface area contributed by atoms with Crippen LogP contribution in [-0.4, -0.2) is 25.2 Å². The van der Waals surface area contributed by atoms with Crippen LogP contribution in [0.2, 0.25) is 0 Å². The summed E-state index contributed by atoms with van der Waals surface area (Å²) in [6.45, 7) is 9.22. The van der Waals surface area contributed by atoms with Crippen LogP contribution < -0.4 is 16.6 Å². The normalized spacial score (nSPS) is 12.8. The third-order valence-electron chi connectivity index (χ3n) is 3.86. The van der Waals surface area contributed by atoms with Crippen LogP contribution in [0.5, 0.6) is 0 Å². The summed E-state index contributed by atoms with van der Waals surface area (Å²) < 4.78 is 4.61. The number of hydrogen-bond acceptors (Lipinski definition) is 4. The van der Waals surface area contributed by atoms with E-state index < -0.39 is 0 Å². The van der Waals surface area contributed by atoms with Crippen LogP contribution in [0.25, 0.3) is 11.2 Å². The second kappa shape index (κ2) is 5.75. The maximum Gasteiger partial charge on any atom is 0.332 e. The van der Waals surface area contributed by atoms with Crippen molar-refractivity contribution < 1.29 is 0 Å². The van der Waals surface area contributed by atoms with Gasteiger partial charge in [0.1, 0.15) is 0 Å². The van der Waals surface area contributed by atoms with Crippen LogP contribution in [-0.2, 0) is 13.6 Å². The molecule has 7 nitrogen and oxygen atoms in total. The van der Waals surface area contributed by atoms with Crippen LogP contribution in [0.3, 0.4) is 0 Å². The van der Waals surface area contributed by atoms with Crippen LogP contribution in [0.4, 0.5) is 5.95 Å². The van der Waals surface area contributed by atoms with Gasteiger partial charge in [-0.25, -0.2) is 4.79 Å². The van der Waals surface area contributed by atoms with E-state index in [1.165, 1.54) is 7.05 Å². The number of nitrogens with zero attached hydrogens (tertiary/aromatic N) is 4. The Balaban J connectivity index is 2.98. The topological polar surface area (TPSA) is 73.8 Å². The summed E-state index contributed by atoms with van der Waals surface area (Å²) in [5, 5.41) is 3.16. The van der Waals surface area contributed by atoms with Gasteiger partial charge in [-0.05, 0) is 27.2 Å². The highest BCUT2D eigenvalue weighted by molar-refractivity contribution is 5.74. The van der Waals surface area contributed by atoms with Gasteiger partial charge in [0, 0.05) is 26.2 Å². The molecule has 0 aliphatic carbocycles. The Morgan fingerprint density at radius 2 is 1.90 bits per heavy atom. The van der Waals surface area contributed by atoms with E-state index >= 15 is 0 Å². The zero-order chi connectivity index (χ0) is 15.7. The fourth-order valence-corrected chi connectivity index (χ4v) is 2.50. The lowest BCUT2D eigenvalue weighted by Crippen LogP contribution is -2.39. The van der Waals surface area contributed by atoms with Crippen molar-refractivity contribution in [3.63, 3.8) is 0 Å². The van der Waals surface area contributed by atoms with Crippen molar-refractivity contribution in [3.8, 4) is 0 Å². The summed E-state index contributed by atoms with van der Waals surface area (Å²) in [6, 6.07) is -0.0125. The average Bonchev–Trinajstić information content (AvgIpc) is 2.83. The molecular formula is C14H23N5O2. The molecule has 2 aromatic heterocycles. The Morgan fingerprint density at radius 3 is 2.43 bits per heavy atom. The molecule has 2 heterocycles. The molecule has 0 spiro atoms. The number of nitrogens with one attached hydrogen (secondary N) is 1. The average molecular weight is 293 g/mol. The molecule has 0 saturated carbocycles. The maximum absolute atomic E-state index is 12.5. The smallest absolute Gasteiger partial charge is 0.332 e. The van der Waals surface area contributed by atoms with E-state index in [4.69, 9.17) is 0 Å². The van der Waals surface area contributed by atoms with Gasteiger partial charge in [0.15, 0.2) is 11.2 Å². The van der Waals surface area contributed by atoms with Crippen molar-refractivity contribution in [2.45, 2.75) is 46.7 Å². The summed E-state index contributed by atoms with van der Waals surface area (Å²) in [7, 11) is 1.52. The van der Waals surface area contributed by atoms with E-state index in [-0.39, 0.29) is 17.3 Å². The molecule has 7 heteroatoms. The van der Waals surface area contributed by atoms with Crippen molar-refractivity contribution in [1.29, 1.82) is 0 Å². The summed E-state index contributed by atoms with van der Waals surface area (Å²) >= 11 is 0. The molecule has 0 radical (unpaired) electrons. The first kappa shape index (κ1) is 15.3. The van der Waals surface area contributed by atoms with Crippen LogP contribution in [0.15, 0.2) is 9.59 Å². The maximum atomic E-state index is 12.5. The molecule has 1 unspecified atom stereocenters. The molecule has 116 valence electrons. The molecule has 2 aromatic rings. The first-order chi connectivity index (χ1) is 9.97. The lowest BCUT2D eigenvalue weighted by molar-refractivity contribution is 0.499. The summed E-state index contributed by atoms with van der Waals surface area (Å²) in [5.74, 6) is 0.634. The van der Waals surface area contributed by atoms with Crippen molar-refractivity contribution in [1.82, 2.24) is 18.7 Å². The van der Waals surface area contributed by atoms with Crippen molar-refractivity contribution in [3.05, 3.63) is 20.8 Å². The fourth-order valence-electron chi connectivity index (χ4n) is 2.50. The molecule has 0 bridgehead atoms. The number of imidazole rings is 1. The first-order valence-corrected chi connectivity index (χ1v) is 7.43. The van der Waals surface area contributed by atoms with Gasteiger partial charge >= 0.3 is 5.69 Å². The minimum Gasteiger partial charge on any atom is -0.356 e. The van der Waals surface area contributed by atoms with Crippen molar-refractivity contribution in [2.75, 3.05) is 11.9 Å². The van der Waals surface area contributed by atoms with E-state index in [9.17, 15) is 9.59 Å². The largest absolute Gasteiger partial charge is 0.356 e. The van der Waals surface area contributed by atoms with Gasteiger partial charge in [-0.3, -0.25) is 13.9 Å². The van der Waals surface area contributed by atoms with Gasteiger partial charge in [0.2, 0.25) is 5.95 Å². The third-order valence-corrected chi connectivity index (χ3v) is 3.86. The van der Waals surface area contributed by atoms with Crippen LogP contribution in [0, 0.1) is 0 Å². The lowest BCUT2D eigenvalue weighted by Gasteiger charge is -2.14. The number of fused-ring (bicyclic) bond motifs is 1. The predicted octanol–water partition coefficient (Wildman–Crippen LogP) is 1.32. The Hall–Kier alpha value is -2.05. The van der Waals surface area contributed by atoms with Gasteiger partial charge < -0.3 is 9.88 Å². The Labute approximate surface area is 123 Å². The first-order valence-electron chi connectivity index (χ1n) is 7.43. The molecule has 0 aromatic carbocycles. The van der Waals surface area contributed by atoms with E-state index in [0.717, 1.165) is 11.0 Å². The number of rotatable bonds is 5. The van der Waals surface area contributed by atoms with Crippen LogP contribution >= 0.6 is 0 Å². The molecule has 21 heavy (non-hydrogen) atoms. The Kier molecular flexibility index (Phi) is 4.20. The predicted molar refractivity (Wildman–Crippen MR) is 84.1 cm³/mol. The van der Waals surface area contributed by atoms with Gasteiger partial charge in [-0.1, -0.05) is 6.92 Å². The number of aryl methyl sites for hydroxylation is 1. The zero-order valence-corrected chi connectivity index (χ0v) is 13.3. The SMILES string of the molecule is CCNc1nc2c(c(=O)n(C)c(=O)n2C(C)CC)n1CC. The highest BCUT2D eigenvalue weighted by Gasteiger charge is 2.21. The second-order valence-corrected chi connectivity index (χ2v) is 5.16. The van der Waals surface area contributed by atoms with E-state index in [0.29, 0.717) is 30.2 Å². The molecular weight excluding hydrogens is 270 g/mol. The highest BCUT2D eigenvalue weighted by atomic mass is 16.2. The van der Waals surface area contributed by atoms with Gasteiger partial charge in [0.25, 0.3) is 5.56 Å². The molecule has 1 atom stereocenters. The molecule has 0 aliphatic rings. The minimum atomic E-state index is -0.314. The van der Waals surface area contributed by atoms with Crippen molar-refractivity contribution in [2.24, 2.45) is 7.05 Å². The van der Waals surface area contributed by atoms with Gasteiger partial charge in [0.05, 0.1) is 0 Å². The molecule has 0 fully saturated rings. The van der Waals surface area contributed by atoms with Crippen LogP contribution in [0.1, 0.15) is 40.2 Å². The minimum absolute atomic E-state index is 0.0125. The second-order valence-electron chi connectivity index (χ2n) is 5.16. The van der Waals surface area contributed by atoms with Crippen molar-refractivity contribution >= 4 is 17.1 Å². The molecule has 0 aliphatic heterocycles. The van der Waals surface area contributed by atoms with E-state index in [1.54, 1.807) is 4.57 Å². The summed E-state index contributed by atoms with van der Waals surface area (Å²) in [4.78, 5) is 29.4. The summed E-state index contributed by atoms with van der Waals surface area (Å²) in [6.07, 6.45) is 0.794. The Bertz CT molecular complexity index is 768. The molecule has 2 rings (SSSR count). The number of anilines is 1. The number of aromatic nitrogens is 4. The molecule has 0 saturated heterocycles. The highest BCUT2D eigenvalue weighted by Crippen LogP contribution is 2.19. The van der Waals surface area contributed by atoms with E-state index in [1.807, 2.05) is 32.3 Å². The summed E-state index contributed by atoms with van der Waals surface area (Å²) in [5.41, 5.74) is 0.338. The lowest BCUT2D eigenvalue weighted by atomic mass is 10.2. The quantitative estimate of drug-likeness (QED) is 0.902. The Morgan fingerprint density at radius 1 is 1.24 bits per heavy atom. The monoisotopic (exact) mass is 293 g/mol. The standard InChI is InChI=1S/C14H23N5O2/c1-6-9(4)19-11-10(12(20)17(5)14(19)21)18(8-3)13(16-11)15-7-2/h9H,6-8H2,1-5H3,(H,15,16). The van der Waals surface area contributed by atoms with Gasteiger partial charge in [-0.15, -0.1) is 0 Å². The molecule has 1 N–H and O–H groups in total. The fraction of sp³-hybridized carbons (Fsp3) is 0.643. The molecule has 0 amide bonds. The van der Waals surface area contributed by atoms with Gasteiger partial charge in [-0.2, -0.15) is 4.98 Å². The van der Waals surface area contributed by atoms with E-state index in [2.05, 4.69) is 10.3 Å².